The number of hydrogen-bond donors (Lipinski definition) is 2. The first-order valence-corrected chi connectivity index (χ1v) is 10.5. The Morgan fingerprint density at radius 1 is 1.25 bits per heavy atom. The van der Waals surface area contributed by atoms with Crippen molar-refractivity contribution in [3.05, 3.63) is 60.2 Å². The number of nitrogens with zero attached hydrogens (tertiary/aromatic N) is 3. The van der Waals surface area contributed by atoms with Gasteiger partial charge in [-0.1, -0.05) is 12.1 Å². The average molecular weight is 401 g/mol. The lowest BCUT2D eigenvalue weighted by Gasteiger charge is -2.10. The number of nitrogens with one attached hydrogen (secondary N) is 1. The summed E-state index contributed by atoms with van der Waals surface area (Å²) in [6.07, 6.45) is 2.82. The Labute approximate surface area is 163 Å². The van der Waals surface area contributed by atoms with E-state index < -0.39 is 15.5 Å². The zero-order chi connectivity index (χ0) is 20.1. The van der Waals surface area contributed by atoms with E-state index in [1.165, 1.54) is 30.1 Å². The van der Waals surface area contributed by atoms with Gasteiger partial charge in [0.15, 0.2) is 5.82 Å². The Kier molecular flexibility index (Phi) is 5.86. The molecule has 0 aliphatic carbocycles. The summed E-state index contributed by atoms with van der Waals surface area (Å²) in [6, 6.07) is 11.4. The third kappa shape index (κ3) is 5.24. The number of ether oxygens (including phenoxy) is 1. The second-order valence-electron chi connectivity index (χ2n) is 6.04. The molecular weight excluding hydrogens is 381 g/mol. The smallest absolute Gasteiger partial charge is 0.230 e. The van der Waals surface area contributed by atoms with Crippen LogP contribution in [0.2, 0.25) is 0 Å². The number of hydrogen-bond acceptors (Lipinski definition) is 6. The van der Waals surface area contributed by atoms with Crippen molar-refractivity contribution in [2.45, 2.75) is 6.92 Å². The predicted molar refractivity (Wildman–Crippen MR) is 110 cm³/mol. The van der Waals surface area contributed by atoms with E-state index >= 15 is 0 Å². The fourth-order valence-electron chi connectivity index (χ4n) is 2.53. The van der Waals surface area contributed by atoms with Gasteiger partial charge in [0, 0.05) is 33.1 Å². The van der Waals surface area contributed by atoms with Gasteiger partial charge in [0.2, 0.25) is 5.95 Å². The van der Waals surface area contributed by atoms with Gasteiger partial charge >= 0.3 is 0 Å². The fraction of sp³-hybridized carbons (Fsp3) is 0.158. The van der Waals surface area contributed by atoms with Crippen LogP contribution in [0.1, 0.15) is 12.5 Å². The molecule has 0 saturated carbocycles. The van der Waals surface area contributed by atoms with E-state index in [0.717, 1.165) is 0 Å². The number of halogens is 1. The highest BCUT2D eigenvalue weighted by Crippen LogP contribution is 2.29. The summed E-state index contributed by atoms with van der Waals surface area (Å²) in [5.41, 5.74) is 1.97. The summed E-state index contributed by atoms with van der Waals surface area (Å²) in [7, 11) is -2.51. The first kappa shape index (κ1) is 19.7. The largest absolute Gasteiger partial charge is 0.493 e. The third-order valence-electron chi connectivity index (χ3n) is 3.57. The number of benzene rings is 2. The van der Waals surface area contributed by atoms with Crippen LogP contribution in [-0.2, 0) is 9.71 Å². The van der Waals surface area contributed by atoms with E-state index in [0.29, 0.717) is 40.9 Å². The minimum absolute atomic E-state index is 0.305. The van der Waals surface area contributed by atoms with Crippen molar-refractivity contribution in [1.82, 2.24) is 15.0 Å². The normalized spacial score (nSPS) is 12.9. The highest BCUT2D eigenvalue weighted by atomic mass is 32.2. The molecule has 0 bridgehead atoms. The van der Waals surface area contributed by atoms with Crippen molar-refractivity contribution in [3.8, 4) is 17.1 Å². The Hall–Kier alpha value is -3.04. The Bertz CT molecular complexity index is 1100. The monoisotopic (exact) mass is 401 g/mol. The first-order valence-electron chi connectivity index (χ1n) is 8.44. The van der Waals surface area contributed by atoms with Gasteiger partial charge in [0.05, 0.1) is 12.2 Å². The Morgan fingerprint density at radius 3 is 2.82 bits per heavy atom. The first-order chi connectivity index (χ1) is 13.3. The zero-order valence-electron chi connectivity index (χ0n) is 15.4. The number of anilines is 2. The standard InChI is InChI=1S/C19H20FN5O2S/c1-3-27-17-10-14(20)7-8-16(17)18-22-12-23-19(25-18)24-15-6-4-5-13(9-15)11-28(2,21)26/h4-12H,3H2,1-2H3,(H2,21,26)(H,22,23,24,25). The summed E-state index contributed by atoms with van der Waals surface area (Å²) in [5.74, 6) is 0.609. The van der Waals surface area contributed by atoms with Gasteiger partial charge < -0.3 is 10.1 Å². The van der Waals surface area contributed by atoms with Crippen LogP contribution in [-0.4, -0.2) is 37.4 Å². The van der Waals surface area contributed by atoms with Gasteiger partial charge in [0.25, 0.3) is 0 Å². The molecule has 28 heavy (non-hydrogen) atoms. The molecule has 0 spiro atoms. The van der Waals surface area contributed by atoms with Crippen LogP contribution in [0.3, 0.4) is 0 Å². The van der Waals surface area contributed by atoms with Crippen LogP contribution in [0.15, 0.2) is 48.8 Å². The van der Waals surface area contributed by atoms with Crippen LogP contribution >= 0.6 is 0 Å². The fourth-order valence-corrected chi connectivity index (χ4v) is 3.22. The van der Waals surface area contributed by atoms with Gasteiger partial charge in [-0.05, 0) is 36.8 Å². The molecule has 1 atom stereocenters. The van der Waals surface area contributed by atoms with Gasteiger partial charge in [-0.2, -0.15) is 4.98 Å². The molecule has 2 aromatic carbocycles. The van der Waals surface area contributed by atoms with Crippen molar-refractivity contribution in [1.29, 1.82) is 0 Å². The molecule has 0 radical (unpaired) electrons. The van der Waals surface area contributed by atoms with Crippen LogP contribution < -0.4 is 15.2 Å². The van der Waals surface area contributed by atoms with Gasteiger partial charge in [-0.15, -0.1) is 0 Å². The lowest BCUT2D eigenvalue weighted by molar-refractivity contribution is 0.339. The maximum absolute atomic E-state index is 13.5. The summed E-state index contributed by atoms with van der Waals surface area (Å²) in [6.45, 7) is 2.20. The zero-order valence-corrected chi connectivity index (χ0v) is 16.2. The molecule has 3 rings (SSSR count). The van der Waals surface area contributed by atoms with Crippen molar-refractivity contribution in [2.75, 3.05) is 18.2 Å². The van der Waals surface area contributed by atoms with E-state index in [-0.39, 0.29) is 0 Å². The lowest BCUT2D eigenvalue weighted by atomic mass is 10.2. The quantitative estimate of drug-likeness (QED) is 0.616. The van der Waals surface area contributed by atoms with E-state index in [4.69, 9.17) is 9.88 Å². The SMILES string of the molecule is CCOc1cc(F)ccc1-c1ncnc(Nc2cccc(C=S(C)(N)=O)c2)n1. The molecule has 0 aliphatic heterocycles. The maximum atomic E-state index is 13.5. The number of nitrogens with two attached hydrogens (primary N) is 1. The number of rotatable bonds is 6. The molecular formula is C19H20FN5O2S. The van der Waals surface area contributed by atoms with Crippen LogP contribution in [0.4, 0.5) is 16.0 Å². The van der Waals surface area contributed by atoms with E-state index in [2.05, 4.69) is 20.3 Å². The molecule has 0 saturated heterocycles. The van der Waals surface area contributed by atoms with E-state index in [9.17, 15) is 8.60 Å². The lowest BCUT2D eigenvalue weighted by Crippen LogP contribution is -2.13. The topological polar surface area (TPSA) is 103 Å². The number of aromatic nitrogens is 3. The van der Waals surface area contributed by atoms with Crippen LogP contribution in [0.25, 0.3) is 11.4 Å². The highest BCUT2D eigenvalue weighted by Gasteiger charge is 2.12. The molecule has 0 amide bonds. The summed E-state index contributed by atoms with van der Waals surface area (Å²) in [5, 5.41) is 10.2. The molecule has 7 nitrogen and oxygen atoms in total. The average Bonchev–Trinajstić information content (AvgIpc) is 2.61. The van der Waals surface area contributed by atoms with Crippen LogP contribution in [0, 0.1) is 5.82 Å². The second-order valence-corrected chi connectivity index (χ2v) is 8.21. The molecule has 1 unspecified atom stereocenters. The van der Waals surface area contributed by atoms with Gasteiger partial charge in [-0.3, -0.25) is 9.35 Å². The predicted octanol–water partition coefficient (Wildman–Crippen LogP) is 2.76. The van der Waals surface area contributed by atoms with Crippen molar-refractivity contribution in [3.63, 3.8) is 0 Å². The summed E-state index contributed by atoms with van der Waals surface area (Å²) >= 11 is 0. The molecule has 0 aliphatic rings. The molecule has 3 aromatic rings. The second kappa shape index (κ2) is 8.32. The van der Waals surface area contributed by atoms with Gasteiger partial charge in [0.1, 0.15) is 17.9 Å². The molecule has 9 heteroatoms. The van der Waals surface area contributed by atoms with Gasteiger partial charge in [-0.25, -0.2) is 14.4 Å². The molecule has 1 heterocycles. The summed E-state index contributed by atoms with van der Waals surface area (Å²) < 4.78 is 30.8. The Balaban J connectivity index is 1.91. The van der Waals surface area contributed by atoms with Crippen molar-refractivity contribution in [2.24, 2.45) is 5.14 Å². The Morgan fingerprint density at radius 2 is 2.07 bits per heavy atom. The molecule has 1 aromatic heterocycles. The minimum Gasteiger partial charge on any atom is -0.493 e. The van der Waals surface area contributed by atoms with E-state index in [1.54, 1.807) is 24.3 Å². The molecule has 0 fully saturated rings. The van der Waals surface area contributed by atoms with Crippen LogP contribution in [0.5, 0.6) is 5.75 Å². The molecule has 3 N–H and O–H groups in total. The van der Waals surface area contributed by atoms with Crippen molar-refractivity contribution >= 4 is 26.7 Å². The van der Waals surface area contributed by atoms with E-state index in [1.807, 2.05) is 13.0 Å². The maximum Gasteiger partial charge on any atom is 0.230 e. The highest BCUT2D eigenvalue weighted by molar-refractivity contribution is 7.98. The third-order valence-corrected chi connectivity index (χ3v) is 4.31. The molecule has 146 valence electrons. The van der Waals surface area contributed by atoms with Crippen molar-refractivity contribution < 1.29 is 13.3 Å². The summed E-state index contributed by atoms with van der Waals surface area (Å²) in [4.78, 5) is 12.7. The minimum atomic E-state index is -2.51.